The molecule has 7 nitrogen and oxygen atoms in total. The van der Waals surface area contributed by atoms with Gasteiger partial charge in [-0.05, 0) is 32.0 Å². The first-order valence-corrected chi connectivity index (χ1v) is 7.81. The monoisotopic (exact) mass is 331 g/mol. The Bertz CT molecular complexity index is 809. The van der Waals surface area contributed by atoms with E-state index in [1.54, 1.807) is 6.07 Å². The van der Waals surface area contributed by atoms with Crippen molar-refractivity contribution in [3.05, 3.63) is 40.2 Å². The first kappa shape index (κ1) is 17.5. The third-order valence-electron chi connectivity index (χ3n) is 3.78. The Morgan fingerprint density at radius 1 is 1.17 bits per heavy atom. The highest BCUT2D eigenvalue weighted by Gasteiger charge is 2.15. The summed E-state index contributed by atoms with van der Waals surface area (Å²) in [6.07, 6.45) is 0. The van der Waals surface area contributed by atoms with Gasteiger partial charge in [-0.1, -0.05) is 0 Å². The number of amides is 2. The second-order valence-electron chi connectivity index (χ2n) is 5.20. The number of hydrogen-bond donors (Lipinski definition) is 2. The van der Waals surface area contributed by atoms with Crippen molar-refractivity contribution >= 4 is 28.5 Å². The third-order valence-corrected chi connectivity index (χ3v) is 3.78. The average molecular weight is 331 g/mol. The second kappa shape index (κ2) is 7.63. The highest BCUT2D eigenvalue weighted by molar-refractivity contribution is 5.98. The van der Waals surface area contributed by atoms with Crippen molar-refractivity contribution in [3.8, 4) is 0 Å². The predicted molar refractivity (Wildman–Crippen MR) is 92.4 cm³/mol. The maximum absolute atomic E-state index is 12.1. The lowest BCUT2D eigenvalue weighted by Gasteiger charge is -2.20. The number of rotatable bonds is 6. The van der Waals surface area contributed by atoms with E-state index in [0.29, 0.717) is 11.0 Å². The molecule has 0 bridgehead atoms. The van der Waals surface area contributed by atoms with Gasteiger partial charge in [0.15, 0.2) is 0 Å². The molecule has 0 fully saturated rings. The summed E-state index contributed by atoms with van der Waals surface area (Å²) in [6.45, 7) is 5.57. The SMILES string of the molecule is CCN(CC)c1ccc2cc(C(=O)NCC(=O)NC)c(=O)oc2c1. The Labute approximate surface area is 139 Å². The van der Waals surface area contributed by atoms with Crippen LogP contribution in [0.5, 0.6) is 0 Å². The summed E-state index contributed by atoms with van der Waals surface area (Å²) in [5.74, 6) is -0.987. The van der Waals surface area contributed by atoms with Crippen LogP contribution in [0.25, 0.3) is 11.0 Å². The van der Waals surface area contributed by atoms with Gasteiger partial charge in [0.1, 0.15) is 11.1 Å². The summed E-state index contributed by atoms with van der Waals surface area (Å²) in [7, 11) is 1.46. The van der Waals surface area contributed by atoms with E-state index in [9.17, 15) is 14.4 Å². The molecular formula is C17H21N3O4. The lowest BCUT2D eigenvalue weighted by atomic mass is 10.1. The summed E-state index contributed by atoms with van der Waals surface area (Å²) >= 11 is 0. The molecule has 0 aliphatic rings. The van der Waals surface area contributed by atoms with E-state index in [1.165, 1.54) is 13.1 Å². The van der Waals surface area contributed by atoms with E-state index in [4.69, 9.17) is 4.42 Å². The van der Waals surface area contributed by atoms with Crippen LogP contribution in [0.2, 0.25) is 0 Å². The molecule has 1 aromatic heterocycles. The molecule has 2 amide bonds. The van der Waals surface area contributed by atoms with Gasteiger partial charge in [-0.25, -0.2) is 4.79 Å². The molecule has 0 unspecified atom stereocenters. The zero-order valence-corrected chi connectivity index (χ0v) is 14.0. The zero-order chi connectivity index (χ0) is 17.7. The normalized spacial score (nSPS) is 10.5. The van der Waals surface area contributed by atoms with Crippen molar-refractivity contribution in [3.63, 3.8) is 0 Å². The Morgan fingerprint density at radius 2 is 1.88 bits per heavy atom. The van der Waals surface area contributed by atoms with Gasteiger partial charge in [-0.2, -0.15) is 0 Å². The fourth-order valence-electron chi connectivity index (χ4n) is 2.39. The van der Waals surface area contributed by atoms with E-state index < -0.39 is 11.5 Å². The summed E-state index contributed by atoms with van der Waals surface area (Å²) in [5, 5.41) is 5.42. The van der Waals surface area contributed by atoms with Gasteiger partial charge in [-0.3, -0.25) is 9.59 Å². The number of anilines is 1. The summed E-state index contributed by atoms with van der Waals surface area (Å²) in [4.78, 5) is 37.4. The molecule has 0 saturated carbocycles. The first-order chi connectivity index (χ1) is 11.5. The topological polar surface area (TPSA) is 91.7 Å². The molecule has 1 heterocycles. The van der Waals surface area contributed by atoms with Crippen LogP contribution in [0.15, 0.2) is 33.5 Å². The molecule has 0 saturated heterocycles. The molecule has 0 atom stereocenters. The largest absolute Gasteiger partial charge is 0.422 e. The fourth-order valence-corrected chi connectivity index (χ4v) is 2.39. The van der Waals surface area contributed by atoms with Crippen LogP contribution in [0, 0.1) is 0 Å². The number of fused-ring (bicyclic) bond motifs is 1. The van der Waals surface area contributed by atoms with Crippen LogP contribution in [-0.2, 0) is 4.79 Å². The molecule has 0 spiro atoms. The van der Waals surface area contributed by atoms with Crippen molar-refractivity contribution in [2.24, 2.45) is 0 Å². The number of carbonyl (C=O) groups excluding carboxylic acids is 2. The molecule has 0 radical (unpaired) electrons. The third kappa shape index (κ3) is 3.73. The van der Waals surface area contributed by atoms with Crippen molar-refractivity contribution in [1.82, 2.24) is 10.6 Å². The number of nitrogens with zero attached hydrogens (tertiary/aromatic N) is 1. The van der Waals surface area contributed by atoms with Crippen molar-refractivity contribution in [1.29, 1.82) is 0 Å². The van der Waals surface area contributed by atoms with Crippen molar-refractivity contribution in [2.75, 3.05) is 31.6 Å². The van der Waals surface area contributed by atoms with Crippen molar-refractivity contribution in [2.45, 2.75) is 13.8 Å². The van der Waals surface area contributed by atoms with Crippen LogP contribution in [0.4, 0.5) is 5.69 Å². The number of likely N-dealkylation sites (N-methyl/N-ethyl adjacent to an activating group) is 1. The van der Waals surface area contributed by atoms with E-state index in [2.05, 4.69) is 15.5 Å². The van der Waals surface area contributed by atoms with Crippen LogP contribution < -0.4 is 21.2 Å². The predicted octanol–water partition coefficient (Wildman–Crippen LogP) is 1.11. The van der Waals surface area contributed by atoms with E-state index >= 15 is 0 Å². The van der Waals surface area contributed by atoms with Gasteiger partial charge in [0.2, 0.25) is 5.91 Å². The Kier molecular flexibility index (Phi) is 5.57. The van der Waals surface area contributed by atoms with Gasteiger partial charge in [0.05, 0.1) is 6.54 Å². The molecular weight excluding hydrogens is 310 g/mol. The van der Waals surface area contributed by atoms with Gasteiger partial charge in [-0.15, -0.1) is 0 Å². The molecule has 0 aliphatic heterocycles. The average Bonchev–Trinajstić information content (AvgIpc) is 2.59. The molecule has 2 rings (SSSR count). The van der Waals surface area contributed by atoms with Gasteiger partial charge in [0, 0.05) is 37.3 Å². The van der Waals surface area contributed by atoms with E-state index in [-0.39, 0.29) is 18.0 Å². The second-order valence-corrected chi connectivity index (χ2v) is 5.20. The molecule has 128 valence electrons. The Hall–Kier alpha value is -2.83. The van der Waals surface area contributed by atoms with Crippen molar-refractivity contribution < 1.29 is 14.0 Å². The standard InChI is InChI=1S/C17H21N3O4/c1-4-20(5-2)12-7-6-11-8-13(17(23)24-14(11)9-12)16(22)19-10-15(21)18-3/h6-9H,4-5,10H2,1-3H3,(H,18,21)(H,19,22). The van der Waals surface area contributed by atoms with Gasteiger partial charge < -0.3 is 20.0 Å². The highest BCUT2D eigenvalue weighted by Crippen LogP contribution is 2.21. The number of carbonyl (C=O) groups is 2. The van der Waals surface area contributed by atoms with E-state index in [0.717, 1.165) is 18.8 Å². The summed E-state index contributed by atoms with van der Waals surface area (Å²) in [6, 6.07) is 6.99. The molecule has 0 aliphatic carbocycles. The number of nitrogens with one attached hydrogen (secondary N) is 2. The quantitative estimate of drug-likeness (QED) is 0.774. The smallest absolute Gasteiger partial charge is 0.349 e. The Morgan fingerprint density at radius 3 is 2.50 bits per heavy atom. The molecule has 2 aromatic rings. The highest BCUT2D eigenvalue weighted by atomic mass is 16.4. The maximum atomic E-state index is 12.1. The van der Waals surface area contributed by atoms with Crippen LogP contribution in [-0.4, -0.2) is 38.5 Å². The lowest BCUT2D eigenvalue weighted by molar-refractivity contribution is -0.119. The minimum Gasteiger partial charge on any atom is -0.422 e. The number of benzene rings is 1. The molecule has 7 heteroatoms. The first-order valence-electron chi connectivity index (χ1n) is 7.81. The van der Waals surface area contributed by atoms with Crippen LogP contribution in [0.3, 0.4) is 0 Å². The fraction of sp³-hybridized carbons (Fsp3) is 0.353. The van der Waals surface area contributed by atoms with Crippen LogP contribution in [0.1, 0.15) is 24.2 Å². The molecule has 1 aromatic carbocycles. The maximum Gasteiger partial charge on any atom is 0.349 e. The zero-order valence-electron chi connectivity index (χ0n) is 14.0. The molecule has 2 N–H and O–H groups in total. The van der Waals surface area contributed by atoms with Gasteiger partial charge >= 0.3 is 5.63 Å². The van der Waals surface area contributed by atoms with Crippen LogP contribution >= 0.6 is 0 Å². The minimum absolute atomic E-state index is 0.123. The number of hydrogen-bond acceptors (Lipinski definition) is 5. The minimum atomic E-state index is -0.728. The summed E-state index contributed by atoms with van der Waals surface area (Å²) in [5.41, 5.74) is 0.523. The summed E-state index contributed by atoms with van der Waals surface area (Å²) < 4.78 is 5.28. The lowest BCUT2D eigenvalue weighted by Crippen LogP contribution is -2.36. The Balaban J connectivity index is 2.33. The van der Waals surface area contributed by atoms with Gasteiger partial charge in [0.25, 0.3) is 5.91 Å². The molecule has 24 heavy (non-hydrogen) atoms. The van der Waals surface area contributed by atoms with E-state index in [1.807, 2.05) is 26.0 Å².